The summed E-state index contributed by atoms with van der Waals surface area (Å²) in [5, 5.41) is 3.06. The summed E-state index contributed by atoms with van der Waals surface area (Å²) in [5.41, 5.74) is 1.89. The van der Waals surface area contributed by atoms with Crippen LogP contribution in [0.2, 0.25) is 0 Å². The molecule has 2 heterocycles. The highest BCUT2D eigenvalue weighted by molar-refractivity contribution is 5.83. The number of likely N-dealkylation sites (tertiary alicyclic amines) is 1. The highest BCUT2D eigenvalue weighted by Gasteiger charge is 2.41. The van der Waals surface area contributed by atoms with Gasteiger partial charge in [-0.05, 0) is 35.2 Å². The molecule has 2 atom stereocenters. The van der Waals surface area contributed by atoms with E-state index >= 15 is 0 Å². The van der Waals surface area contributed by atoms with Crippen LogP contribution in [0.3, 0.4) is 0 Å². The first-order valence-electron chi connectivity index (χ1n) is 11.0. The van der Waals surface area contributed by atoms with Crippen LogP contribution in [-0.4, -0.2) is 43.7 Å². The van der Waals surface area contributed by atoms with Gasteiger partial charge in [0.25, 0.3) is 0 Å². The van der Waals surface area contributed by atoms with Gasteiger partial charge in [0.2, 0.25) is 18.6 Å². The molecule has 2 aliphatic heterocycles. The Hall–Kier alpha value is -3.22. The van der Waals surface area contributed by atoms with E-state index in [1.807, 2.05) is 61.2 Å². The van der Waals surface area contributed by atoms with Crippen LogP contribution in [0, 0.1) is 11.8 Å². The molecule has 0 radical (unpaired) electrons. The zero-order valence-electron chi connectivity index (χ0n) is 18.8. The van der Waals surface area contributed by atoms with Crippen LogP contribution in [0.25, 0.3) is 0 Å². The molecule has 32 heavy (non-hydrogen) atoms. The molecule has 1 saturated heterocycles. The molecular weight excluding hydrogens is 408 g/mol. The number of methoxy groups -OCH3 is 1. The van der Waals surface area contributed by atoms with Gasteiger partial charge in [-0.2, -0.15) is 0 Å². The molecule has 0 bridgehead atoms. The van der Waals surface area contributed by atoms with Gasteiger partial charge < -0.3 is 24.4 Å². The van der Waals surface area contributed by atoms with Crippen molar-refractivity contribution < 1.29 is 23.8 Å². The SMILES string of the molecule is COc1ccccc1[C@H]1CN(C(=O)CC(C)C)C[C@H]1C(=O)NCc1ccc2c(c1)OCO2. The maximum atomic E-state index is 13.3. The van der Waals surface area contributed by atoms with Crippen molar-refractivity contribution >= 4 is 11.8 Å². The van der Waals surface area contributed by atoms with Gasteiger partial charge in [-0.3, -0.25) is 9.59 Å². The van der Waals surface area contributed by atoms with Gasteiger partial charge >= 0.3 is 0 Å². The molecule has 0 saturated carbocycles. The Morgan fingerprint density at radius 2 is 1.91 bits per heavy atom. The lowest BCUT2D eigenvalue weighted by Gasteiger charge is -2.20. The maximum absolute atomic E-state index is 13.3. The Balaban J connectivity index is 1.51. The number of ether oxygens (including phenoxy) is 3. The number of nitrogens with zero attached hydrogens (tertiary/aromatic N) is 1. The van der Waals surface area contributed by atoms with E-state index in [1.165, 1.54) is 0 Å². The van der Waals surface area contributed by atoms with Crippen LogP contribution in [0.15, 0.2) is 42.5 Å². The van der Waals surface area contributed by atoms with Crippen LogP contribution in [0.1, 0.15) is 37.3 Å². The molecule has 1 fully saturated rings. The molecule has 0 aromatic heterocycles. The first-order valence-corrected chi connectivity index (χ1v) is 11.0. The average molecular weight is 439 g/mol. The first kappa shape index (κ1) is 22.0. The monoisotopic (exact) mass is 438 g/mol. The van der Waals surface area contributed by atoms with Crippen LogP contribution in [-0.2, 0) is 16.1 Å². The van der Waals surface area contributed by atoms with Crippen LogP contribution < -0.4 is 19.5 Å². The van der Waals surface area contributed by atoms with Gasteiger partial charge in [0.15, 0.2) is 11.5 Å². The zero-order valence-corrected chi connectivity index (χ0v) is 18.8. The fourth-order valence-electron chi connectivity index (χ4n) is 4.41. The van der Waals surface area contributed by atoms with E-state index in [-0.39, 0.29) is 36.4 Å². The van der Waals surface area contributed by atoms with Crippen molar-refractivity contribution in [3.8, 4) is 17.2 Å². The number of hydrogen-bond acceptors (Lipinski definition) is 5. The summed E-state index contributed by atoms with van der Waals surface area (Å²) in [5.74, 6) is 1.96. The lowest BCUT2D eigenvalue weighted by molar-refractivity contribution is -0.131. The van der Waals surface area contributed by atoms with Gasteiger partial charge in [0, 0.05) is 32.0 Å². The van der Waals surface area contributed by atoms with Crippen molar-refractivity contribution in [2.24, 2.45) is 11.8 Å². The largest absolute Gasteiger partial charge is 0.496 e. The Bertz CT molecular complexity index is 990. The van der Waals surface area contributed by atoms with Gasteiger partial charge in [-0.1, -0.05) is 38.1 Å². The predicted molar refractivity (Wildman–Crippen MR) is 120 cm³/mol. The van der Waals surface area contributed by atoms with Crippen molar-refractivity contribution in [1.82, 2.24) is 10.2 Å². The number of carbonyl (C=O) groups excluding carboxylic acids is 2. The van der Waals surface area contributed by atoms with E-state index in [2.05, 4.69) is 5.32 Å². The number of carbonyl (C=O) groups is 2. The van der Waals surface area contributed by atoms with Crippen LogP contribution in [0.5, 0.6) is 17.2 Å². The van der Waals surface area contributed by atoms with Gasteiger partial charge in [-0.25, -0.2) is 0 Å². The third kappa shape index (κ3) is 4.66. The van der Waals surface area contributed by atoms with E-state index in [0.717, 1.165) is 16.9 Å². The summed E-state index contributed by atoms with van der Waals surface area (Å²) in [7, 11) is 1.63. The number of amides is 2. The molecule has 2 aromatic carbocycles. The number of nitrogens with one attached hydrogen (secondary N) is 1. The zero-order chi connectivity index (χ0) is 22.7. The topological polar surface area (TPSA) is 77.1 Å². The third-order valence-corrected chi connectivity index (χ3v) is 6.03. The molecule has 170 valence electrons. The second-order valence-electron chi connectivity index (χ2n) is 8.76. The first-order chi connectivity index (χ1) is 15.5. The molecule has 2 amide bonds. The van der Waals surface area contributed by atoms with Crippen molar-refractivity contribution in [2.75, 3.05) is 27.0 Å². The molecule has 1 N–H and O–H groups in total. The number of fused-ring (bicyclic) bond motifs is 1. The average Bonchev–Trinajstić information content (AvgIpc) is 3.44. The Morgan fingerprint density at radius 1 is 1.12 bits per heavy atom. The summed E-state index contributed by atoms with van der Waals surface area (Å²) in [6, 6.07) is 13.4. The molecule has 2 aliphatic rings. The quantitative estimate of drug-likeness (QED) is 0.718. The second-order valence-corrected chi connectivity index (χ2v) is 8.76. The van der Waals surface area contributed by atoms with E-state index < -0.39 is 0 Å². The molecule has 7 heteroatoms. The van der Waals surface area contributed by atoms with Gasteiger partial charge in [0.05, 0.1) is 13.0 Å². The highest BCUT2D eigenvalue weighted by atomic mass is 16.7. The normalized spacial score (nSPS) is 19.3. The standard InChI is InChI=1S/C25H30N2O5/c1-16(2)10-24(28)27-13-19(18-6-4-5-7-21(18)30-3)20(14-27)25(29)26-12-17-8-9-22-23(11-17)32-15-31-22/h4-9,11,16,19-20H,10,12-15H2,1-3H3,(H,26,29)/t19-,20-/m1/s1. The number of hydrogen-bond donors (Lipinski definition) is 1. The number of para-hydroxylation sites is 1. The molecule has 7 nitrogen and oxygen atoms in total. The minimum atomic E-state index is -0.351. The van der Waals surface area contributed by atoms with E-state index in [9.17, 15) is 9.59 Å². The van der Waals surface area contributed by atoms with Crippen LogP contribution >= 0.6 is 0 Å². The third-order valence-electron chi connectivity index (χ3n) is 6.03. The Morgan fingerprint density at radius 3 is 2.69 bits per heavy atom. The summed E-state index contributed by atoms with van der Waals surface area (Å²) in [6.07, 6.45) is 0.476. The summed E-state index contributed by atoms with van der Waals surface area (Å²) >= 11 is 0. The molecular formula is C25H30N2O5. The fourth-order valence-corrected chi connectivity index (χ4v) is 4.41. The molecule has 0 spiro atoms. The van der Waals surface area contributed by atoms with E-state index in [0.29, 0.717) is 37.6 Å². The Labute approximate surface area is 188 Å². The lowest BCUT2D eigenvalue weighted by Crippen LogP contribution is -2.35. The van der Waals surface area contributed by atoms with Crippen molar-refractivity contribution in [3.05, 3.63) is 53.6 Å². The highest BCUT2D eigenvalue weighted by Crippen LogP contribution is 2.38. The predicted octanol–water partition coefficient (Wildman–Crippen LogP) is 3.33. The summed E-state index contributed by atoms with van der Waals surface area (Å²) in [4.78, 5) is 27.9. The molecule has 4 rings (SSSR count). The smallest absolute Gasteiger partial charge is 0.231 e. The van der Waals surface area contributed by atoms with Gasteiger partial charge in [0.1, 0.15) is 5.75 Å². The molecule has 0 unspecified atom stereocenters. The van der Waals surface area contributed by atoms with E-state index in [4.69, 9.17) is 14.2 Å². The maximum Gasteiger partial charge on any atom is 0.231 e. The van der Waals surface area contributed by atoms with Crippen molar-refractivity contribution in [3.63, 3.8) is 0 Å². The lowest BCUT2D eigenvalue weighted by atomic mass is 9.87. The fraction of sp³-hybridized carbons (Fsp3) is 0.440. The van der Waals surface area contributed by atoms with Crippen molar-refractivity contribution in [2.45, 2.75) is 32.7 Å². The minimum Gasteiger partial charge on any atom is -0.496 e. The number of rotatable bonds is 7. The summed E-state index contributed by atoms with van der Waals surface area (Å²) in [6.45, 7) is 5.57. The minimum absolute atomic E-state index is 0.0709. The number of benzene rings is 2. The van der Waals surface area contributed by atoms with Gasteiger partial charge in [-0.15, -0.1) is 0 Å². The Kier molecular flexibility index (Phi) is 6.53. The molecule has 2 aromatic rings. The molecule has 0 aliphatic carbocycles. The second kappa shape index (κ2) is 9.51. The van der Waals surface area contributed by atoms with Crippen LogP contribution in [0.4, 0.5) is 0 Å². The van der Waals surface area contributed by atoms with Crippen molar-refractivity contribution in [1.29, 1.82) is 0 Å². The summed E-state index contributed by atoms with van der Waals surface area (Å²) < 4.78 is 16.3. The van der Waals surface area contributed by atoms with E-state index in [1.54, 1.807) is 7.11 Å².